The molecule has 150 valence electrons. The number of thiocarbonyl (C=S) groups is 1. The number of para-hydroxylation sites is 1. The molecule has 3 N–H and O–H groups in total. The van der Waals surface area contributed by atoms with Crippen LogP contribution in [-0.2, 0) is 6.42 Å². The zero-order valence-electron chi connectivity index (χ0n) is 16.5. The fourth-order valence-electron chi connectivity index (χ4n) is 4.21. The summed E-state index contributed by atoms with van der Waals surface area (Å²) < 4.78 is 8.32. The number of rotatable bonds is 6. The van der Waals surface area contributed by atoms with Gasteiger partial charge in [0.15, 0.2) is 0 Å². The molecule has 1 aromatic carbocycles. The number of carboxylic acid groups (broad SMARTS) is 1. The maximum absolute atomic E-state index is 10.8. The quantitative estimate of drug-likeness (QED) is 0.453. The largest absolute Gasteiger partial charge is 0.464 e. The van der Waals surface area contributed by atoms with Gasteiger partial charge in [0.05, 0.1) is 0 Å². The van der Waals surface area contributed by atoms with Gasteiger partial charge in [-0.25, -0.2) is 4.79 Å². The van der Waals surface area contributed by atoms with Gasteiger partial charge >= 0.3 is 6.09 Å². The van der Waals surface area contributed by atoms with Gasteiger partial charge in [0.2, 0.25) is 0 Å². The van der Waals surface area contributed by atoms with E-state index < -0.39 is 6.09 Å². The van der Waals surface area contributed by atoms with Crippen molar-refractivity contribution < 1.29 is 14.6 Å². The molecular formula is C20H30N2O3S2. The number of nitrogens with one attached hydrogen (secondary N) is 2. The molecule has 1 aromatic rings. The summed E-state index contributed by atoms with van der Waals surface area (Å²) in [5.74, 6) is 0.797. The smallest absolute Gasteiger partial charge is 0.414 e. The van der Waals surface area contributed by atoms with Gasteiger partial charge < -0.3 is 15.2 Å². The Morgan fingerprint density at radius 1 is 1.33 bits per heavy atom. The van der Waals surface area contributed by atoms with Gasteiger partial charge in [0.1, 0.15) is 5.75 Å². The summed E-state index contributed by atoms with van der Waals surface area (Å²) in [6.07, 6.45) is 2.85. The highest BCUT2D eigenvalue weighted by Gasteiger charge is 2.41. The molecule has 27 heavy (non-hydrogen) atoms. The minimum atomic E-state index is -0.993. The molecule has 0 bridgehead atoms. The van der Waals surface area contributed by atoms with Crippen molar-refractivity contribution in [2.45, 2.75) is 58.6 Å². The molecule has 2 atom stereocenters. The van der Waals surface area contributed by atoms with E-state index in [1.165, 1.54) is 11.9 Å². The van der Waals surface area contributed by atoms with E-state index in [1.54, 1.807) is 0 Å². The third-order valence-electron chi connectivity index (χ3n) is 4.93. The molecule has 0 saturated heterocycles. The monoisotopic (exact) mass is 410 g/mol. The van der Waals surface area contributed by atoms with Crippen molar-refractivity contribution in [3.8, 4) is 5.75 Å². The summed E-state index contributed by atoms with van der Waals surface area (Å²) in [6.45, 7) is 9.51. The second kappa shape index (κ2) is 9.15. The number of benzene rings is 1. The van der Waals surface area contributed by atoms with Crippen LogP contribution in [0.3, 0.4) is 0 Å². The molecule has 1 aliphatic rings. The molecule has 1 aliphatic carbocycles. The van der Waals surface area contributed by atoms with E-state index in [9.17, 15) is 4.79 Å². The van der Waals surface area contributed by atoms with Crippen molar-refractivity contribution in [2.75, 3.05) is 6.54 Å². The molecule has 1 amide bonds. The fraction of sp³-hybridized carbons (Fsp3) is 0.600. The van der Waals surface area contributed by atoms with Gasteiger partial charge in [0.25, 0.3) is 5.17 Å². The van der Waals surface area contributed by atoms with Crippen molar-refractivity contribution in [1.29, 1.82) is 0 Å². The van der Waals surface area contributed by atoms with Gasteiger partial charge in [0, 0.05) is 11.8 Å². The Morgan fingerprint density at radius 3 is 2.70 bits per heavy atom. The summed E-state index contributed by atoms with van der Waals surface area (Å²) in [7, 11) is 0. The average molecular weight is 411 g/mol. The van der Waals surface area contributed by atoms with Gasteiger partial charge in [-0.3, -0.25) is 4.72 Å². The first-order chi connectivity index (χ1) is 12.6. The molecule has 0 radical (unpaired) electrons. The molecule has 7 heteroatoms. The lowest BCUT2D eigenvalue weighted by Gasteiger charge is -2.46. The van der Waals surface area contributed by atoms with Crippen LogP contribution in [-0.4, -0.2) is 28.2 Å². The van der Waals surface area contributed by atoms with E-state index >= 15 is 0 Å². The van der Waals surface area contributed by atoms with Crippen LogP contribution in [0.1, 0.15) is 52.5 Å². The average Bonchev–Trinajstić information content (AvgIpc) is 2.57. The summed E-state index contributed by atoms with van der Waals surface area (Å²) in [6, 6.07) is 7.91. The molecule has 0 heterocycles. The van der Waals surface area contributed by atoms with E-state index in [0.29, 0.717) is 11.7 Å². The SMILES string of the molecule is CCc1ccccc1OC(=S)NCC1(C)CC(SNC(=O)O)CC(C)(C)C1. The topological polar surface area (TPSA) is 70.6 Å². The lowest BCUT2D eigenvalue weighted by atomic mass is 9.64. The molecule has 2 unspecified atom stereocenters. The molecular weight excluding hydrogens is 380 g/mol. The summed E-state index contributed by atoms with van der Waals surface area (Å²) >= 11 is 6.72. The van der Waals surface area contributed by atoms with Crippen molar-refractivity contribution in [2.24, 2.45) is 10.8 Å². The number of amides is 1. The highest BCUT2D eigenvalue weighted by Crippen LogP contribution is 2.48. The summed E-state index contributed by atoms with van der Waals surface area (Å²) in [5, 5.41) is 12.8. The molecule has 0 aromatic heterocycles. The molecule has 2 rings (SSSR count). The van der Waals surface area contributed by atoms with Gasteiger partial charge in [-0.15, -0.1) is 0 Å². The maximum atomic E-state index is 10.8. The summed E-state index contributed by atoms with van der Waals surface area (Å²) in [5.41, 5.74) is 1.28. The Bertz CT molecular complexity index is 681. The minimum absolute atomic E-state index is 0.0112. The number of hydrogen-bond donors (Lipinski definition) is 3. The molecule has 5 nitrogen and oxygen atoms in total. The fourth-order valence-corrected chi connectivity index (χ4v) is 5.66. The van der Waals surface area contributed by atoms with Crippen LogP contribution < -0.4 is 14.8 Å². The molecule has 1 saturated carbocycles. The normalized spacial score (nSPS) is 24.1. The number of ether oxygens (including phenoxy) is 1. The first-order valence-electron chi connectivity index (χ1n) is 9.31. The Morgan fingerprint density at radius 2 is 2.04 bits per heavy atom. The van der Waals surface area contributed by atoms with Gasteiger partial charge in [-0.1, -0.05) is 45.9 Å². The predicted molar refractivity (Wildman–Crippen MR) is 115 cm³/mol. The Labute approximate surface area is 171 Å². The molecule has 0 spiro atoms. The Kier molecular flexibility index (Phi) is 7.40. The van der Waals surface area contributed by atoms with Crippen LogP contribution in [0.25, 0.3) is 0 Å². The van der Waals surface area contributed by atoms with Gasteiger partial charge in [-0.2, -0.15) is 0 Å². The molecule has 0 aliphatic heterocycles. The second-order valence-corrected chi connectivity index (χ2v) is 9.89. The van der Waals surface area contributed by atoms with Crippen LogP contribution in [0.2, 0.25) is 0 Å². The lowest BCUT2D eigenvalue weighted by molar-refractivity contribution is 0.106. The first-order valence-corrected chi connectivity index (χ1v) is 10.6. The summed E-state index contributed by atoms with van der Waals surface area (Å²) in [4.78, 5) is 10.8. The second-order valence-electron chi connectivity index (χ2n) is 8.41. The van der Waals surface area contributed by atoms with E-state index in [4.69, 9.17) is 22.1 Å². The van der Waals surface area contributed by atoms with Crippen molar-refractivity contribution in [1.82, 2.24) is 10.0 Å². The molecule has 1 fully saturated rings. The van der Waals surface area contributed by atoms with Crippen LogP contribution in [0.4, 0.5) is 4.79 Å². The first kappa shape index (κ1) is 21.8. The number of aryl methyl sites for hydroxylation is 1. The van der Waals surface area contributed by atoms with E-state index in [-0.39, 0.29) is 16.1 Å². The maximum Gasteiger partial charge on any atom is 0.414 e. The number of hydrogen-bond acceptors (Lipinski definition) is 4. The van der Waals surface area contributed by atoms with E-state index in [2.05, 4.69) is 37.7 Å². The zero-order chi connectivity index (χ0) is 20.1. The third kappa shape index (κ3) is 6.88. The highest BCUT2D eigenvalue weighted by atomic mass is 32.2. The van der Waals surface area contributed by atoms with Crippen LogP contribution >= 0.6 is 24.2 Å². The highest BCUT2D eigenvalue weighted by molar-refractivity contribution is 7.98. The van der Waals surface area contributed by atoms with E-state index in [1.807, 2.05) is 24.3 Å². The Hall–Kier alpha value is -1.47. The van der Waals surface area contributed by atoms with Crippen molar-refractivity contribution in [3.05, 3.63) is 29.8 Å². The lowest BCUT2D eigenvalue weighted by Crippen LogP contribution is -2.45. The standard InChI is InChI=1S/C20H30N2O3S2/c1-5-14-8-6-7-9-16(14)25-18(26)21-13-20(4)11-15(27-22-17(23)24)10-19(2,3)12-20/h6-9,15,22H,5,10-13H2,1-4H3,(H,21,26)(H,23,24). The minimum Gasteiger partial charge on any atom is -0.464 e. The predicted octanol–water partition coefficient (Wildman–Crippen LogP) is 5.00. The van der Waals surface area contributed by atoms with Crippen LogP contribution in [0.5, 0.6) is 5.75 Å². The van der Waals surface area contributed by atoms with Crippen molar-refractivity contribution in [3.63, 3.8) is 0 Å². The van der Waals surface area contributed by atoms with Gasteiger partial charge in [-0.05, 0) is 72.3 Å². The van der Waals surface area contributed by atoms with Crippen molar-refractivity contribution >= 4 is 35.4 Å². The van der Waals surface area contributed by atoms with Crippen LogP contribution in [0.15, 0.2) is 24.3 Å². The number of carbonyl (C=O) groups is 1. The zero-order valence-corrected chi connectivity index (χ0v) is 18.1. The third-order valence-corrected chi connectivity index (χ3v) is 6.12. The van der Waals surface area contributed by atoms with E-state index in [0.717, 1.165) is 37.0 Å². The van der Waals surface area contributed by atoms with Crippen LogP contribution in [0, 0.1) is 10.8 Å². The Balaban J connectivity index is 1.95.